The lowest BCUT2D eigenvalue weighted by molar-refractivity contribution is -0.144. The van der Waals surface area contributed by atoms with Gasteiger partial charge in [0, 0.05) is 0 Å². The molecule has 0 saturated carbocycles. The number of hydrogen-bond donors (Lipinski definition) is 1. The summed E-state index contributed by atoms with van der Waals surface area (Å²) in [5, 5.41) is 2.50. The first-order valence-corrected chi connectivity index (χ1v) is 6.01. The number of ether oxygens (including phenoxy) is 1. The lowest BCUT2D eigenvalue weighted by Gasteiger charge is -2.20. The number of carbonyl (C=O) groups excluding carboxylic acids is 2. The molecule has 1 rings (SSSR count). The minimum Gasteiger partial charge on any atom is -0.467 e. The number of aryl methyl sites for hydroxylation is 1. The maximum atomic E-state index is 13.6. The Balaban J connectivity index is 2.94. The first-order valence-electron chi connectivity index (χ1n) is 6.01. The van der Waals surface area contributed by atoms with Crippen molar-refractivity contribution in [3.63, 3.8) is 0 Å². The van der Waals surface area contributed by atoms with E-state index in [0.717, 1.165) is 5.56 Å². The fourth-order valence-corrected chi connectivity index (χ4v) is 1.66. The van der Waals surface area contributed by atoms with E-state index in [1.54, 1.807) is 26.8 Å². The molecule has 1 amide bonds. The highest BCUT2D eigenvalue weighted by atomic mass is 19.1. The summed E-state index contributed by atoms with van der Waals surface area (Å²) < 4.78 is 18.2. The molecule has 4 nitrogen and oxygen atoms in total. The van der Waals surface area contributed by atoms with Gasteiger partial charge in [-0.25, -0.2) is 9.18 Å². The van der Waals surface area contributed by atoms with Crippen molar-refractivity contribution in [2.75, 3.05) is 7.11 Å². The van der Waals surface area contributed by atoms with Gasteiger partial charge in [0.2, 0.25) is 0 Å². The molecule has 1 aromatic rings. The highest BCUT2D eigenvalue weighted by Crippen LogP contribution is 2.12. The standard InChI is InChI=1S/C14H18FNO3/c1-8(2)12(14(18)19-4)16-13(17)10-7-9(3)5-6-11(10)15/h5-8,12H,1-4H3,(H,16,17)/t12-/m1/s1. The van der Waals surface area contributed by atoms with Crippen LogP contribution in [0.1, 0.15) is 29.8 Å². The van der Waals surface area contributed by atoms with Gasteiger partial charge in [-0.15, -0.1) is 0 Å². The van der Waals surface area contributed by atoms with E-state index in [2.05, 4.69) is 10.1 Å². The monoisotopic (exact) mass is 267 g/mol. The van der Waals surface area contributed by atoms with Crippen LogP contribution in [0.4, 0.5) is 4.39 Å². The van der Waals surface area contributed by atoms with E-state index in [1.807, 2.05) is 0 Å². The molecule has 0 saturated heterocycles. The van der Waals surface area contributed by atoms with Gasteiger partial charge >= 0.3 is 5.97 Å². The van der Waals surface area contributed by atoms with Gasteiger partial charge in [-0.1, -0.05) is 25.5 Å². The van der Waals surface area contributed by atoms with E-state index in [0.29, 0.717) is 0 Å². The summed E-state index contributed by atoms with van der Waals surface area (Å²) in [4.78, 5) is 23.5. The summed E-state index contributed by atoms with van der Waals surface area (Å²) in [7, 11) is 1.25. The Kier molecular flexibility index (Phi) is 5.03. The van der Waals surface area contributed by atoms with Crippen molar-refractivity contribution in [3.05, 3.63) is 35.1 Å². The molecule has 19 heavy (non-hydrogen) atoms. The molecule has 0 aliphatic heterocycles. The van der Waals surface area contributed by atoms with Gasteiger partial charge in [0.05, 0.1) is 12.7 Å². The Morgan fingerprint density at radius 3 is 2.47 bits per heavy atom. The fourth-order valence-electron chi connectivity index (χ4n) is 1.66. The molecule has 104 valence electrons. The molecule has 0 fully saturated rings. The van der Waals surface area contributed by atoms with Crippen LogP contribution in [0.2, 0.25) is 0 Å². The molecule has 0 aromatic heterocycles. The average Bonchev–Trinajstić information content (AvgIpc) is 2.37. The lowest BCUT2D eigenvalue weighted by atomic mass is 10.0. The molecule has 1 N–H and O–H groups in total. The van der Waals surface area contributed by atoms with Crippen LogP contribution in [-0.4, -0.2) is 25.0 Å². The number of benzene rings is 1. The van der Waals surface area contributed by atoms with Gasteiger partial charge in [0.15, 0.2) is 0 Å². The van der Waals surface area contributed by atoms with Crippen LogP contribution >= 0.6 is 0 Å². The van der Waals surface area contributed by atoms with Crippen molar-refractivity contribution in [2.45, 2.75) is 26.8 Å². The van der Waals surface area contributed by atoms with E-state index in [1.165, 1.54) is 19.2 Å². The molecule has 1 aromatic carbocycles. The van der Waals surface area contributed by atoms with E-state index < -0.39 is 23.7 Å². The maximum absolute atomic E-state index is 13.6. The molecule has 0 spiro atoms. The van der Waals surface area contributed by atoms with Crippen molar-refractivity contribution >= 4 is 11.9 Å². The Morgan fingerprint density at radius 2 is 1.95 bits per heavy atom. The number of methoxy groups -OCH3 is 1. The molecule has 0 radical (unpaired) electrons. The Morgan fingerprint density at radius 1 is 1.32 bits per heavy atom. The summed E-state index contributed by atoms with van der Waals surface area (Å²) in [6.45, 7) is 5.30. The third-order valence-corrected chi connectivity index (χ3v) is 2.77. The van der Waals surface area contributed by atoms with Crippen molar-refractivity contribution in [1.29, 1.82) is 0 Å². The quantitative estimate of drug-likeness (QED) is 0.850. The molecule has 5 heteroatoms. The molecular weight excluding hydrogens is 249 g/mol. The first-order chi connectivity index (χ1) is 8.86. The summed E-state index contributed by atoms with van der Waals surface area (Å²) in [5.41, 5.74) is 0.695. The third kappa shape index (κ3) is 3.77. The van der Waals surface area contributed by atoms with Crippen LogP contribution in [0.3, 0.4) is 0 Å². The highest BCUT2D eigenvalue weighted by molar-refractivity contribution is 5.97. The largest absolute Gasteiger partial charge is 0.467 e. The molecule has 1 atom stereocenters. The highest BCUT2D eigenvalue weighted by Gasteiger charge is 2.26. The molecule has 0 heterocycles. The number of hydrogen-bond acceptors (Lipinski definition) is 3. The predicted molar refractivity (Wildman–Crippen MR) is 69.2 cm³/mol. The third-order valence-electron chi connectivity index (χ3n) is 2.77. The molecule has 0 unspecified atom stereocenters. The Bertz CT molecular complexity index is 486. The van der Waals surface area contributed by atoms with E-state index >= 15 is 0 Å². The zero-order valence-electron chi connectivity index (χ0n) is 11.5. The number of esters is 1. The van der Waals surface area contributed by atoms with Crippen molar-refractivity contribution in [1.82, 2.24) is 5.32 Å². The number of nitrogens with one attached hydrogen (secondary N) is 1. The Labute approximate surface area is 112 Å². The van der Waals surface area contributed by atoms with Crippen molar-refractivity contribution in [2.24, 2.45) is 5.92 Å². The minimum absolute atomic E-state index is 0.0745. The van der Waals surface area contributed by atoms with Crippen LogP contribution in [0, 0.1) is 18.7 Å². The van der Waals surface area contributed by atoms with E-state index in [-0.39, 0.29) is 11.5 Å². The molecule has 0 bridgehead atoms. The average molecular weight is 267 g/mol. The van der Waals surface area contributed by atoms with Crippen LogP contribution < -0.4 is 5.32 Å². The number of carbonyl (C=O) groups is 2. The lowest BCUT2D eigenvalue weighted by Crippen LogP contribution is -2.45. The minimum atomic E-state index is -0.794. The zero-order valence-corrected chi connectivity index (χ0v) is 11.5. The van der Waals surface area contributed by atoms with Gasteiger partial charge in [-0.2, -0.15) is 0 Å². The zero-order chi connectivity index (χ0) is 14.6. The van der Waals surface area contributed by atoms with Crippen LogP contribution in [-0.2, 0) is 9.53 Å². The number of rotatable bonds is 4. The van der Waals surface area contributed by atoms with Gasteiger partial charge < -0.3 is 10.1 Å². The Hall–Kier alpha value is -1.91. The van der Waals surface area contributed by atoms with Crippen molar-refractivity contribution < 1.29 is 18.7 Å². The molecule has 0 aliphatic carbocycles. The van der Waals surface area contributed by atoms with E-state index in [9.17, 15) is 14.0 Å². The number of amides is 1. The second kappa shape index (κ2) is 6.31. The van der Waals surface area contributed by atoms with Crippen LogP contribution in [0.25, 0.3) is 0 Å². The molecular formula is C14H18FNO3. The number of halogens is 1. The second-order valence-corrected chi connectivity index (χ2v) is 4.70. The smallest absolute Gasteiger partial charge is 0.328 e. The van der Waals surface area contributed by atoms with Gasteiger partial charge in [-0.05, 0) is 25.0 Å². The fraction of sp³-hybridized carbons (Fsp3) is 0.429. The van der Waals surface area contributed by atoms with Crippen LogP contribution in [0.5, 0.6) is 0 Å². The van der Waals surface area contributed by atoms with Gasteiger partial charge in [-0.3, -0.25) is 4.79 Å². The summed E-state index contributed by atoms with van der Waals surface area (Å²) in [6, 6.07) is 3.45. The first kappa shape index (κ1) is 15.1. The summed E-state index contributed by atoms with van der Waals surface area (Å²) >= 11 is 0. The normalized spacial score (nSPS) is 12.1. The summed E-state index contributed by atoms with van der Waals surface area (Å²) in [6.07, 6.45) is 0. The van der Waals surface area contributed by atoms with Crippen molar-refractivity contribution in [3.8, 4) is 0 Å². The second-order valence-electron chi connectivity index (χ2n) is 4.70. The summed E-state index contributed by atoms with van der Waals surface area (Å²) in [5.74, 6) is -1.93. The maximum Gasteiger partial charge on any atom is 0.328 e. The predicted octanol–water partition coefficient (Wildman–Crippen LogP) is 2.06. The van der Waals surface area contributed by atoms with Crippen LogP contribution in [0.15, 0.2) is 18.2 Å². The SMILES string of the molecule is COC(=O)[C@H](NC(=O)c1cc(C)ccc1F)C(C)C. The molecule has 0 aliphatic rings. The van der Waals surface area contributed by atoms with E-state index in [4.69, 9.17) is 0 Å². The topological polar surface area (TPSA) is 55.4 Å². The van der Waals surface area contributed by atoms with Gasteiger partial charge in [0.25, 0.3) is 5.91 Å². The van der Waals surface area contributed by atoms with Gasteiger partial charge in [0.1, 0.15) is 11.9 Å².